The van der Waals surface area contributed by atoms with Gasteiger partial charge in [-0.2, -0.15) is 0 Å². The standard InChI is InChI=1S/C13H17N3O2S/c1-2-5-14-13(18)15-8-12(17)16-6-3-11-10(9-16)4-7-19-11/h2,4,7H,1,3,5-6,8-9H2,(H2,14,15,18). The molecule has 2 rings (SSSR count). The van der Waals surface area contributed by atoms with Gasteiger partial charge in [-0.15, -0.1) is 17.9 Å². The van der Waals surface area contributed by atoms with Crippen molar-refractivity contribution in [3.63, 3.8) is 0 Å². The summed E-state index contributed by atoms with van der Waals surface area (Å²) < 4.78 is 0. The highest BCUT2D eigenvalue weighted by Gasteiger charge is 2.21. The van der Waals surface area contributed by atoms with E-state index in [1.807, 2.05) is 0 Å². The predicted molar refractivity (Wildman–Crippen MR) is 75.0 cm³/mol. The number of urea groups is 1. The van der Waals surface area contributed by atoms with Gasteiger partial charge in [0, 0.05) is 24.5 Å². The summed E-state index contributed by atoms with van der Waals surface area (Å²) in [5.41, 5.74) is 1.22. The van der Waals surface area contributed by atoms with E-state index in [4.69, 9.17) is 0 Å². The first-order valence-electron chi connectivity index (χ1n) is 6.16. The maximum atomic E-state index is 12.0. The van der Waals surface area contributed by atoms with Gasteiger partial charge in [0.15, 0.2) is 0 Å². The van der Waals surface area contributed by atoms with E-state index in [1.165, 1.54) is 10.4 Å². The molecule has 1 aromatic rings. The number of nitrogens with zero attached hydrogens (tertiary/aromatic N) is 1. The van der Waals surface area contributed by atoms with E-state index in [2.05, 4.69) is 28.7 Å². The van der Waals surface area contributed by atoms with E-state index in [1.54, 1.807) is 22.3 Å². The second-order valence-electron chi connectivity index (χ2n) is 4.29. The number of thiophene rings is 1. The Labute approximate surface area is 116 Å². The summed E-state index contributed by atoms with van der Waals surface area (Å²) in [5.74, 6) is -0.0504. The molecule has 19 heavy (non-hydrogen) atoms. The largest absolute Gasteiger partial charge is 0.336 e. The van der Waals surface area contributed by atoms with Crippen LogP contribution in [0.15, 0.2) is 24.1 Å². The van der Waals surface area contributed by atoms with Crippen LogP contribution >= 0.6 is 11.3 Å². The molecular formula is C13H17N3O2S. The summed E-state index contributed by atoms with van der Waals surface area (Å²) >= 11 is 1.74. The third kappa shape index (κ3) is 3.57. The average molecular weight is 279 g/mol. The first kappa shape index (κ1) is 13.6. The molecule has 6 heteroatoms. The lowest BCUT2D eigenvalue weighted by molar-refractivity contribution is -0.130. The van der Waals surface area contributed by atoms with Gasteiger partial charge >= 0.3 is 6.03 Å². The van der Waals surface area contributed by atoms with Gasteiger partial charge in [0.05, 0.1) is 6.54 Å². The molecule has 0 unspecified atom stereocenters. The fourth-order valence-electron chi connectivity index (χ4n) is 1.96. The van der Waals surface area contributed by atoms with Crippen molar-refractivity contribution >= 4 is 23.3 Å². The van der Waals surface area contributed by atoms with Crippen molar-refractivity contribution < 1.29 is 9.59 Å². The maximum absolute atomic E-state index is 12.0. The summed E-state index contributed by atoms with van der Waals surface area (Å²) in [5, 5.41) is 7.17. The molecule has 1 aliphatic rings. The zero-order chi connectivity index (χ0) is 13.7. The second-order valence-corrected chi connectivity index (χ2v) is 5.29. The number of hydrogen-bond donors (Lipinski definition) is 2. The number of hydrogen-bond acceptors (Lipinski definition) is 3. The van der Waals surface area contributed by atoms with Gasteiger partial charge in [0.2, 0.25) is 5.91 Å². The molecule has 0 saturated carbocycles. The van der Waals surface area contributed by atoms with Crippen molar-refractivity contribution in [1.29, 1.82) is 0 Å². The quantitative estimate of drug-likeness (QED) is 0.811. The van der Waals surface area contributed by atoms with Crippen LogP contribution in [0.3, 0.4) is 0 Å². The first-order chi connectivity index (χ1) is 9.20. The molecule has 0 spiro atoms. The van der Waals surface area contributed by atoms with Crippen LogP contribution in [0.1, 0.15) is 10.4 Å². The van der Waals surface area contributed by atoms with E-state index in [9.17, 15) is 9.59 Å². The lowest BCUT2D eigenvalue weighted by atomic mass is 10.1. The molecule has 0 aromatic carbocycles. The van der Waals surface area contributed by atoms with Gasteiger partial charge < -0.3 is 15.5 Å². The minimum absolute atomic E-state index is 0.0302. The lowest BCUT2D eigenvalue weighted by Gasteiger charge is -2.27. The Kier molecular flexibility index (Phi) is 4.57. The van der Waals surface area contributed by atoms with Gasteiger partial charge in [-0.25, -0.2) is 4.79 Å². The Morgan fingerprint density at radius 1 is 1.47 bits per heavy atom. The van der Waals surface area contributed by atoms with E-state index in [0.29, 0.717) is 13.1 Å². The van der Waals surface area contributed by atoms with Crippen LogP contribution in [0, 0.1) is 0 Å². The summed E-state index contributed by atoms with van der Waals surface area (Å²) in [6.45, 7) is 5.29. The average Bonchev–Trinajstić information content (AvgIpc) is 2.89. The zero-order valence-electron chi connectivity index (χ0n) is 10.6. The number of carbonyl (C=O) groups excluding carboxylic acids is 2. The van der Waals surface area contributed by atoms with E-state index in [-0.39, 0.29) is 18.5 Å². The third-order valence-electron chi connectivity index (χ3n) is 2.97. The van der Waals surface area contributed by atoms with E-state index in [0.717, 1.165) is 13.0 Å². The van der Waals surface area contributed by atoms with Crippen LogP contribution in [-0.4, -0.2) is 36.5 Å². The summed E-state index contributed by atoms with van der Waals surface area (Å²) in [6.07, 6.45) is 2.49. The summed E-state index contributed by atoms with van der Waals surface area (Å²) in [4.78, 5) is 26.4. The number of amides is 3. The molecule has 2 N–H and O–H groups in total. The van der Waals surface area contributed by atoms with Crippen LogP contribution in [0.2, 0.25) is 0 Å². The zero-order valence-corrected chi connectivity index (χ0v) is 11.5. The Hall–Kier alpha value is -1.82. The van der Waals surface area contributed by atoms with Crippen molar-refractivity contribution in [3.05, 3.63) is 34.5 Å². The summed E-state index contributed by atoms with van der Waals surface area (Å²) in [6, 6.07) is 1.71. The molecule has 2 heterocycles. The Balaban J connectivity index is 1.78. The molecule has 0 radical (unpaired) electrons. The Morgan fingerprint density at radius 3 is 3.11 bits per heavy atom. The maximum Gasteiger partial charge on any atom is 0.315 e. The highest BCUT2D eigenvalue weighted by atomic mass is 32.1. The first-order valence-corrected chi connectivity index (χ1v) is 7.04. The predicted octanol–water partition coefficient (Wildman–Crippen LogP) is 1.12. The molecule has 102 valence electrons. The van der Waals surface area contributed by atoms with E-state index < -0.39 is 0 Å². The molecule has 0 aliphatic carbocycles. The highest BCUT2D eigenvalue weighted by molar-refractivity contribution is 7.10. The highest BCUT2D eigenvalue weighted by Crippen LogP contribution is 2.23. The van der Waals surface area contributed by atoms with Gasteiger partial charge in [0.1, 0.15) is 0 Å². The van der Waals surface area contributed by atoms with Crippen LogP contribution in [-0.2, 0) is 17.8 Å². The van der Waals surface area contributed by atoms with Crippen molar-refractivity contribution in [2.45, 2.75) is 13.0 Å². The SMILES string of the molecule is C=CCNC(=O)NCC(=O)N1CCc2sccc2C1. The van der Waals surface area contributed by atoms with Gasteiger partial charge in [-0.05, 0) is 23.4 Å². The number of carbonyl (C=O) groups is 2. The molecule has 5 nitrogen and oxygen atoms in total. The van der Waals surface area contributed by atoms with Crippen LogP contribution < -0.4 is 10.6 Å². The van der Waals surface area contributed by atoms with Crippen molar-refractivity contribution in [2.24, 2.45) is 0 Å². The smallest absolute Gasteiger partial charge is 0.315 e. The minimum Gasteiger partial charge on any atom is -0.336 e. The van der Waals surface area contributed by atoms with Crippen LogP contribution in [0.5, 0.6) is 0 Å². The Bertz CT molecular complexity index is 484. The van der Waals surface area contributed by atoms with Crippen LogP contribution in [0.25, 0.3) is 0 Å². The molecule has 0 atom stereocenters. The number of rotatable bonds is 4. The monoisotopic (exact) mass is 279 g/mol. The van der Waals surface area contributed by atoms with Crippen molar-refractivity contribution in [1.82, 2.24) is 15.5 Å². The normalized spacial score (nSPS) is 13.6. The number of nitrogens with one attached hydrogen (secondary N) is 2. The third-order valence-corrected chi connectivity index (χ3v) is 3.99. The second kappa shape index (κ2) is 6.38. The molecule has 1 aliphatic heterocycles. The topological polar surface area (TPSA) is 61.4 Å². The molecule has 0 fully saturated rings. The fraction of sp³-hybridized carbons (Fsp3) is 0.385. The van der Waals surface area contributed by atoms with Crippen molar-refractivity contribution in [3.8, 4) is 0 Å². The van der Waals surface area contributed by atoms with Crippen molar-refractivity contribution in [2.75, 3.05) is 19.6 Å². The van der Waals surface area contributed by atoms with Gasteiger partial charge in [-0.3, -0.25) is 4.79 Å². The Morgan fingerprint density at radius 2 is 2.32 bits per heavy atom. The van der Waals surface area contributed by atoms with Gasteiger partial charge in [0.25, 0.3) is 0 Å². The molecule has 0 bridgehead atoms. The van der Waals surface area contributed by atoms with Gasteiger partial charge in [-0.1, -0.05) is 6.08 Å². The molecule has 0 saturated heterocycles. The lowest BCUT2D eigenvalue weighted by Crippen LogP contribution is -2.45. The summed E-state index contributed by atoms with van der Waals surface area (Å²) in [7, 11) is 0. The fourth-order valence-corrected chi connectivity index (χ4v) is 2.85. The number of fused-ring (bicyclic) bond motifs is 1. The minimum atomic E-state index is -0.346. The van der Waals surface area contributed by atoms with E-state index >= 15 is 0 Å². The molecular weight excluding hydrogens is 262 g/mol. The van der Waals surface area contributed by atoms with Crippen LogP contribution in [0.4, 0.5) is 4.79 Å². The molecule has 3 amide bonds. The molecule has 1 aromatic heterocycles.